The number of aliphatic hydroxyl groups excluding tert-OH is 2. The van der Waals surface area contributed by atoms with Crippen LogP contribution in [0.2, 0.25) is 0 Å². The molecule has 1 atom stereocenters. The topological polar surface area (TPSA) is 95.6 Å². The van der Waals surface area contributed by atoms with Crippen LogP contribution in [0.3, 0.4) is 0 Å². The average molecular weight is 162 g/mol. The van der Waals surface area contributed by atoms with E-state index in [0.717, 1.165) is 0 Å². The highest BCUT2D eigenvalue weighted by molar-refractivity contribution is 5.81. The van der Waals surface area contributed by atoms with E-state index in [4.69, 9.17) is 15.9 Å². The van der Waals surface area contributed by atoms with Crippen molar-refractivity contribution in [1.29, 1.82) is 0 Å². The minimum atomic E-state index is -0.615. The molecule has 0 aromatic rings. The first kappa shape index (κ1) is 10.3. The van der Waals surface area contributed by atoms with Gasteiger partial charge < -0.3 is 21.3 Å². The van der Waals surface area contributed by atoms with E-state index in [0.29, 0.717) is 0 Å². The van der Waals surface area contributed by atoms with Crippen LogP contribution >= 0.6 is 0 Å². The molecule has 0 saturated heterocycles. The maximum atomic E-state index is 10.8. The van der Waals surface area contributed by atoms with Crippen molar-refractivity contribution in [3.05, 3.63) is 0 Å². The van der Waals surface area contributed by atoms with E-state index in [2.05, 4.69) is 5.32 Å². The Balaban J connectivity index is 3.72. The predicted molar refractivity (Wildman–Crippen MR) is 39.8 cm³/mol. The van der Waals surface area contributed by atoms with E-state index in [1.54, 1.807) is 0 Å². The zero-order valence-corrected chi connectivity index (χ0v) is 6.45. The minimum Gasteiger partial charge on any atom is -0.394 e. The molecule has 0 rings (SSSR count). The summed E-state index contributed by atoms with van der Waals surface area (Å²) in [5.74, 6) is -0.377. The zero-order chi connectivity index (χ0) is 8.85. The normalized spacial score (nSPS) is 13.2. The van der Waals surface area contributed by atoms with Crippen molar-refractivity contribution < 1.29 is 15.0 Å². The van der Waals surface area contributed by atoms with E-state index in [9.17, 15) is 4.79 Å². The molecule has 0 aliphatic heterocycles. The van der Waals surface area contributed by atoms with Crippen molar-refractivity contribution in [2.75, 3.05) is 13.2 Å². The quantitative estimate of drug-likeness (QED) is 0.377. The number of hydrogen-bond donors (Lipinski definition) is 4. The van der Waals surface area contributed by atoms with Crippen LogP contribution in [0.5, 0.6) is 0 Å². The third-order valence-corrected chi connectivity index (χ3v) is 1.20. The zero-order valence-electron chi connectivity index (χ0n) is 6.45. The van der Waals surface area contributed by atoms with Gasteiger partial charge in [-0.25, -0.2) is 0 Å². The second kappa shape index (κ2) is 5.06. The molecular formula is C6H14N2O3. The SMILES string of the molecule is CC(N)C(=O)NC(CO)CO. The van der Waals surface area contributed by atoms with Gasteiger partial charge in [0.25, 0.3) is 0 Å². The van der Waals surface area contributed by atoms with Gasteiger partial charge in [-0.05, 0) is 6.92 Å². The van der Waals surface area contributed by atoms with Gasteiger partial charge in [-0.3, -0.25) is 4.79 Å². The smallest absolute Gasteiger partial charge is 0.237 e. The predicted octanol–water partition coefficient (Wildman–Crippen LogP) is -2.20. The molecule has 66 valence electrons. The summed E-state index contributed by atoms with van der Waals surface area (Å²) < 4.78 is 0. The molecule has 0 radical (unpaired) electrons. The molecule has 11 heavy (non-hydrogen) atoms. The fraction of sp³-hybridized carbons (Fsp3) is 0.833. The summed E-state index contributed by atoms with van der Waals surface area (Å²) in [6.45, 7) is 0.963. The van der Waals surface area contributed by atoms with Crippen LogP contribution in [0.15, 0.2) is 0 Å². The van der Waals surface area contributed by atoms with Gasteiger partial charge in [-0.15, -0.1) is 0 Å². The highest BCUT2D eigenvalue weighted by atomic mass is 16.3. The Morgan fingerprint density at radius 2 is 2.00 bits per heavy atom. The number of carbonyl (C=O) groups is 1. The summed E-state index contributed by atoms with van der Waals surface area (Å²) >= 11 is 0. The summed E-state index contributed by atoms with van der Waals surface area (Å²) in [4.78, 5) is 10.8. The van der Waals surface area contributed by atoms with E-state index in [1.807, 2.05) is 0 Å². The molecule has 5 heteroatoms. The van der Waals surface area contributed by atoms with Gasteiger partial charge in [0.2, 0.25) is 5.91 Å². The van der Waals surface area contributed by atoms with E-state index >= 15 is 0 Å². The summed E-state index contributed by atoms with van der Waals surface area (Å²) in [7, 11) is 0. The first-order valence-electron chi connectivity index (χ1n) is 3.39. The van der Waals surface area contributed by atoms with Crippen molar-refractivity contribution in [3.8, 4) is 0 Å². The number of carbonyl (C=O) groups excluding carboxylic acids is 1. The Bertz CT molecular complexity index is 123. The van der Waals surface area contributed by atoms with Gasteiger partial charge in [0.1, 0.15) is 0 Å². The van der Waals surface area contributed by atoms with Gasteiger partial charge in [0, 0.05) is 0 Å². The van der Waals surface area contributed by atoms with Crippen LogP contribution in [0.25, 0.3) is 0 Å². The maximum absolute atomic E-state index is 10.8. The maximum Gasteiger partial charge on any atom is 0.237 e. The highest BCUT2D eigenvalue weighted by Crippen LogP contribution is 1.82. The number of nitrogens with one attached hydrogen (secondary N) is 1. The standard InChI is InChI=1S/C6H14N2O3/c1-4(7)6(11)8-5(2-9)3-10/h4-5,9-10H,2-3,7H2,1H3,(H,8,11). The molecule has 0 aromatic carbocycles. The fourth-order valence-corrected chi connectivity index (χ4v) is 0.482. The van der Waals surface area contributed by atoms with Crippen molar-refractivity contribution in [3.63, 3.8) is 0 Å². The fourth-order valence-electron chi connectivity index (χ4n) is 0.482. The van der Waals surface area contributed by atoms with E-state index in [1.165, 1.54) is 6.92 Å². The largest absolute Gasteiger partial charge is 0.394 e. The summed E-state index contributed by atoms with van der Waals surface area (Å²) in [5.41, 5.74) is 5.22. The number of amides is 1. The molecule has 5 nitrogen and oxygen atoms in total. The minimum absolute atomic E-state index is 0.283. The molecule has 0 saturated carbocycles. The molecule has 0 fully saturated rings. The van der Waals surface area contributed by atoms with Crippen LogP contribution in [0.1, 0.15) is 6.92 Å². The van der Waals surface area contributed by atoms with Gasteiger partial charge in [-0.1, -0.05) is 0 Å². The molecular weight excluding hydrogens is 148 g/mol. The van der Waals surface area contributed by atoms with Crippen molar-refractivity contribution >= 4 is 5.91 Å². The number of nitrogens with two attached hydrogens (primary N) is 1. The Hall–Kier alpha value is -0.650. The van der Waals surface area contributed by atoms with Crippen LogP contribution in [0.4, 0.5) is 0 Å². The number of aliphatic hydroxyl groups is 2. The molecule has 0 spiro atoms. The van der Waals surface area contributed by atoms with E-state index in [-0.39, 0.29) is 19.1 Å². The molecule has 1 amide bonds. The molecule has 0 bridgehead atoms. The lowest BCUT2D eigenvalue weighted by molar-refractivity contribution is -0.123. The van der Waals surface area contributed by atoms with E-state index < -0.39 is 12.1 Å². The number of hydrogen-bond acceptors (Lipinski definition) is 4. The Morgan fingerprint density at radius 3 is 2.27 bits per heavy atom. The van der Waals surface area contributed by atoms with Gasteiger partial charge in [-0.2, -0.15) is 0 Å². The second-order valence-electron chi connectivity index (χ2n) is 2.36. The lowest BCUT2D eigenvalue weighted by Crippen LogP contribution is -2.46. The third kappa shape index (κ3) is 3.92. The van der Waals surface area contributed by atoms with Crippen LogP contribution in [0, 0.1) is 0 Å². The third-order valence-electron chi connectivity index (χ3n) is 1.20. The lowest BCUT2D eigenvalue weighted by Gasteiger charge is -2.14. The van der Waals surface area contributed by atoms with Crippen molar-refractivity contribution in [2.24, 2.45) is 5.73 Å². The average Bonchev–Trinajstić information content (AvgIpc) is 1.99. The highest BCUT2D eigenvalue weighted by Gasteiger charge is 2.12. The molecule has 1 unspecified atom stereocenters. The molecule has 0 aliphatic carbocycles. The molecule has 0 aliphatic rings. The summed E-state index contributed by atoms with van der Waals surface area (Å²) in [6.07, 6.45) is 0. The second-order valence-corrected chi connectivity index (χ2v) is 2.36. The van der Waals surface area contributed by atoms with Crippen LogP contribution < -0.4 is 11.1 Å². The van der Waals surface area contributed by atoms with Gasteiger partial charge in [0.05, 0.1) is 25.3 Å². The lowest BCUT2D eigenvalue weighted by atomic mass is 10.3. The molecule has 0 aromatic heterocycles. The Morgan fingerprint density at radius 1 is 1.55 bits per heavy atom. The van der Waals surface area contributed by atoms with Crippen LogP contribution in [-0.4, -0.2) is 41.4 Å². The Labute approximate surface area is 65.2 Å². The Kier molecular flexibility index (Phi) is 4.76. The van der Waals surface area contributed by atoms with Crippen molar-refractivity contribution in [2.45, 2.75) is 19.0 Å². The van der Waals surface area contributed by atoms with Crippen molar-refractivity contribution in [1.82, 2.24) is 5.32 Å². The molecule has 0 heterocycles. The summed E-state index contributed by atoms with van der Waals surface area (Å²) in [5, 5.41) is 19.4. The van der Waals surface area contributed by atoms with Gasteiger partial charge >= 0.3 is 0 Å². The number of rotatable bonds is 4. The first-order valence-corrected chi connectivity index (χ1v) is 3.39. The summed E-state index contributed by atoms with van der Waals surface area (Å²) in [6, 6.07) is -1.22. The monoisotopic (exact) mass is 162 g/mol. The first-order chi connectivity index (χ1) is 5.11. The van der Waals surface area contributed by atoms with Crippen LogP contribution in [-0.2, 0) is 4.79 Å². The molecule has 5 N–H and O–H groups in total. The van der Waals surface area contributed by atoms with Gasteiger partial charge in [0.15, 0.2) is 0 Å².